The standard InChI is InChI=1S/C9H17NO/c1-6(2)8-10-7(3)9(4,5)11-8/h6-7H,1-5H3. The Morgan fingerprint density at radius 2 is 2.00 bits per heavy atom. The molecule has 0 aromatic rings. The number of nitrogens with zero attached hydrogens (tertiary/aromatic N) is 1. The topological polar surface area (TPSA) is 21.6 Å². The van der Waals surface area contributed by atoms with Crippen LogP contribution < -0.4 is 0 Å². The summed E-state index contributed by atoms with van der Waals surface area (Å²) in [6, 6.07) is 0.292. The van der Waals surface area contributed by atoms with Crippen molar-refractivity contribution >= 4 is 5.90 Å². The molecule has 1 aliphatic heterocycles. The van der Waals surface area contributed by atoms with Crippen molar-refractivity contribution in [3.05, 3.63) is 0 Å². The number of hydrogen-bond acceptors (Lipinski definition) is 2. The molecule has 1 heterocycles. The van der Waals surface area contributed by atoms with Crippen molar-refractivity contribution in [3.8, 4) is 0 Å². The zero-order chi connectivity index (χ0) is 8.65. The molecular formula is C9H17NO. The molecule has 0 aromatic heterocycles. The van der Waals surface area contributed by atoms with Gasteiger partial charge in [0.25, 0.3) is 0 Å². The van der Waals surface area contributed by atoms with Gasteiger partial charge in [0.1, 0.15) is 5.60 Å². The first-order valence-electron chi connectivity index (χ1n) is 4.20. The highest BCUT2D eigenvalue weighted by Crippen LogP contribution is 2.26. The second kappa shape index (κ2) is 2.50. The van der Waals surface area contributed by atoms with Gasteiger partial charge in [0, 0.05) is 5.92 Å². The van der Waals surface area contributed by atoms with E-state index in [1.807, 2.05) is 0 Å². The highest BCUT2D eigenvalue weighted by Gasteiger charge is 2.35. The van der Waals surface area contributed by atoms with Crippen LogP contribution in [0.5, 0.6) is 0 Å². The zero-order valence-electron chi connectivity index (χ0n) is 8.01. The summed E-state index contributed by atoms with van der Waals surface area (Å²) in [5.74, 6) is 1.32. The highest BCUT2D eigenvalue weighted by molar-refractivity contribution is 5.80. The van der Waals surface area contributed by atoms with Crippen molar-refractivity contribution in [2.75, 3.05) is 0 Å². The van der Waals surface area contributed by atoms with Crippen molar-refractivity contribution < 1.29 is 4.74 Å². The average molecular weight is 155 g/mol. The Hall–Kier alpha value is -0.530. The van der Waals surface area contributed by atoms with Gasteiger partial charge in [-0.2, -0.15) is 0 Å². The van der Waals surface area contributed by atoms with Crippen LogP contribution in [0.25, 0.3) is 0 Å². The van der Waals surface area contributed by atoms with E-state index in [9.17, 15) is 0 Å². The Bertz CT molecular complexity index is 182. The van der Waals surface area contributed by atoms with Crippen molar-refractivity contribution in [1.82, 2.24) is 0 Å². The largest absolute Gasteiger partial charge is 0.473 e. The van der Waals surface area contributed by atoms with Gasteiger partial charge in [-0.05, 0) is 20.8 Å². The van der Waals surface area contributed by atoms with Gasteiger partial charge in [-0.15, -0.1) is 0 Å². The second-order valence-corrected chi connectivity index (χ2v) is 4.00. The van der Waals surface area contributed by atoms with E-state index in [1.54, 1.807) is 0 Å². The van der Waals surface area contributed by atoms with Gasteiger partial charge in [0.15, 0.2) is 5.90 Å². The summed E-state index contributed by atoms with van der Waals surface area (Å²) >= 11 is 0. The maximum absolute atomic E-state index is 5.67. The average Bonchev–Trinajstić information content (AvgIpc) is 2.08. The lowest BCUT2D eigenvalue weighted by molar-refractivity contribution is 0.0960. The molecule has 0 aliphatic carbocycles. The van der Waals surface area contributed by atoms with Crippen LogP contribution in [0.1, 0.15) is 34.6 Å². The highest BCUT2D eigenvalue weighted by atomic mass is 16.5. The van der Waals surface area contributed by atoms with E-state index in [4.69, 9.17) is 4.74 Å². The summed E-state index contributed by atoms with van der Waals surface area (Å²) in [6.45, 7) is 10.5. The Morgan fingerprint density at radius 1 is 1.45 bits per heavy atom. The monoisotopic (exact) mass is 155 g/mol. The molecule has 0 aromatic carbocycles. The smallest absolute Gasteiger partial charge is 0.186 e. The SMILES string of the molecule is CC(C)C1=NC(C)C(C)(C)O1. The molecule has 2 heteroatoms. The molecule has 0 amide bonds. The Kier molecular flexibility index (Phi) is 1.95. The molecule has 11 heavy (non-hydrogen) atoms. The van der Waals surface area contributed by atoms with Gasteiger partial charge >= 0.3 is 0 Å². The van der Waals surface area contributed by atoms with Crippen LogP contribution in [0.15, 0.2) is 4.99 Å². The maximum atomic E-state index is 5.67. The van der Waals surface area contributed by atoms with E-state index >= 15 is 0 Å². The van der Waals surface area contributed by atoms with Gasteiger partial charge in [-0.3, -0.25) is 0 Å². The van der Waals surface area contributed by atoms with Crippen LogP contribution in [0, 0.1) is 5.92 Å². The minimum Gasteiger partial charge on any atom is -0.473 e. The zero-order valence-corrected chi connectivity index (χ0v) is 8.01. The fourth-order valence-electron chi connectivity index (χ4n) is 0.994. The van der Waals surface area contributed by atoms with E-state index in [-0.39, 0.29) is 5.60 Å². The Balaban J connectivity index is 2.71. The molecular weight excluding hydrogens is 138 g/mol. The van der Waals surface area contributed by atoms with Gasteiger partial charge in [0.2, 0.25) is 0 Å². The van der Waals surface area contributed by atoms with Gasteiger partial charge in [-0.25, -0.2) is 4.99 Å². The quantitative estimate of drug-likeness (QED) is 0.569. The molecule has 1 atom stereocenters. The fourth-order valence-corrected chi connectivity index (χ4v) is 0.994. The summed E-state index contributed by atoms with van der Waals surface area (Å²) in [5, 5.41) is 0. The fraction of sp³-hybridized carbons (Fsp3) is 0.889. The summed E-state index contributed by atoms with van der Waals surface area (Å²) in [5.41, 5.74) is -0.0976. The molecule has 1 unspecified atom stereocenters. The molecule has 0 spiro atoms. The van der Waals surface area contributed by atoms with Crippen molar-refractivity contribution in [1.29, 1.82) is 0 Å². The molecule has 0 bridgehead atoms. The van der Waals surface area contributed by atoms with Crippen LogP contribution in [0.3, 0.4) is 0 Å². The predicted octanol–water partition coefficient (Wildman–Crippen LogP) is 2.24. The van der Waals surface area contributed by atoms with Crippen LogP contribution in [0.4, 0.5) is 0 Å². The maximum Gasteiger partial charge on any atom is 0.186 e. The molecule has 0 fully saturated rings. The van der Waals surface area contributed by atoms with Gasteiger partial charge in [-0.1, -0.05) is 13.8 Å². The van der Waals surface area contributed by atoms with E-state index in [2.05, 4.69) is 39.6 Å². The van der Waals surface area contributed by atoms with Crippen LogP contribution >= 0.6 is 0 Å². The summed E-state index contributed by atoms with van der Waals surface area (Å²) in [7, 11) is 0. The normalized spacial score (nSPS) is 28.5. The van der Waals surface area contributed by atoms with Crippen molar-refractivity contribution in [3.63, 3.8) is 0 Å². The molecule has 0 saturated carbocycles. The minimum atomic E-state index is -0.0976. The van der Waals surface area contributed by atoms with Crippen molar-refractivity contribution in [2.45, 2.75) is 46.3 Å². The van der Waals surface area contributed by atoms with Crippen molar-refractivity contribution in [2.24, 2.45) is 10.9 Å². The summed E-state index contributed by atoms with van der Waals surface area (Å²) < 4.78 is 5.67. The van der Waals surface area contributed by atoms with Gasteiger partial charge < -0.3 is 4.74 Å². The van der Waals surface area contributed by atoms with E-state index in [0.717, 1.165) is 5.90 Å². The Morgan fingerprint density at radius 3 is 2.18 bits per heavy atom. The van der Waals surface area contributed by atoms with Crippen LogP contribution in [-0.2, 0) is 4.74 Å². The minimum absolute atomic E-state index is 0.0976. The van der Waals surface area contributed by atoms with E-state index in [1.165, 1.54) is 0 Å². The third-order valence-corrected chi connectivity index (χ3v) is 2.19. The molecule has 0 N–H and O–H groups in total. The third-order valence-electron chi connectivity index (χ3n) is 2.19. The first-order valence-corrected chi connectivity index (χ1v) is 4.20. The number of aliphatic imine (C=N–C) groups is 1. The third kappa shape index (κ3) is 1.55. The lowest BCUT2D eigenvalue weighted by atomic mass is 10.0. The molecule has 1 rings (SSSR count). The van der Waals surface area contributed by atoms with Crippen LogP contribution in [-0.4, -0.2) is 17.5 Å². The molecule has 0 saturated heterocycles. The first kappa shape index (κ1) is 8.57. The molecule has 1 aliphatic rings. The molecule has 2 nitrogen and oxygen atoms in total. The number of hydrogen-bond donors (Lipinski definition) is 0. The van der Waals surface area contributed by atoms with Gasteiger partial charge in [0.05, 0.1) is 6.04 Å². The molecule has 0 radical (unpaired) electrons. The first-order chi connectivity index (χ1) is 4.93. The summed E-state index contributed by atoms with van der Waals surface area (Å²) in [6.07, 6.45) is 0. The van der Waals surface area contributed by atoms with Crippen LogP contribution in [0.2, 0.25) is 0 Å². The summed E-state index contributed by atoms with van der Waals surface area (Å²) in [4.78, 5) is 4.44. The lowest BCUT2D eigenvalue weighted by Gasteiger charge is -2.22. The molecule has 64 valence electrons. The predicted molar refractivity (Wildman–Crippen MR) is 46.9 cm³/mol. The lowest BCUT2D eigenvalue weighted by Crippen LogP contribution is -2.31. The Labute approximate surface area is 68.7 Å². The number of rotatable bonds is 1. The van der Waals surface area contributed by atoms with E-state index < -0.39 is 0 Å². The second-order valence-electron chi connectivity index (χ2n) is 4.00. The number of ether oxygens (including phenoxy) is 1. The van der Waals surface area contributed by atoms with E-state index in [0.29, 0.717) is 12.0 Å².